The Balaban J connectivity index is 4.20. The number of nitrogens with one attached hydrogen (secondary N) is 1. The molecule has 0 aliphatic carbocycles. The fraction of sp³-hybridized carbons (Fsp3) is 0.800. The maximum atomic E-state index is 11.5. The molecule has 0 atom stereocenters. The molecule has 0 saturated carbocycles. The van der Waals surface area contributed by atoms with E-state index in [1.807, 2.05) is 13.8 Å². The molecule has 5 nitrogen and oxygen atoms in total. The number of hydroxylamine groups is 2. The molecule has 0 aromatic rings. The molecule has 0 aromatic carbocycles. The number of rotatable bonds is 3. The van der Waals surface area contributed by atoms with Gasteiger partial charge >= 0.3 is 0 Å². The van der Waals surface area contributed by atoms with Crippen molar-refractivity contribution in [3.8, 4) is 0 Å². The van der Waals surface area contributed by atoms with Gasteiger partial charge in [0.2, 0.25) is 5.91 Å². The quantitative estimate of drug-likeness (QED) is 0.541. The zero-order valence-corrected chi connectivity index (χ0v) is 10.00. The van der Waals surface area contributed by atoms with E-state index in [0.29, 0.717) is 5.06 Å². The molecule has 0 heterocycles. The lowest BCUT2D eigenvalue weighted by molar-refractivity contribution is -0.177. The number of amides is 2. The molecule has 88 valence electrons. The summed E-state index contributed by atoms with van der Waals surface area (Å²) >= 11 is 0. The minimum atomic E-state index is -0.688. The molecule has 0 aromatic heterocycles. The summed E-state index contributed by atoms with van der Waals surface area (Å²) in [6.07, 6.45) is 0. The van der Waals surface area contributed by atoms with E-state index in [9.17, 15) is 14.8 Å². The smallest absolute Gasteiger partial charge is 0.251 e. The van der Waals surface area contributed by atoms with Crippen molar-refractivity contribution < 1.29 is 14.8 Å². The van der Waals surface area contributed by atoms with Gasteiger partial charge in [-0.15, -0.1) is 0 Å². The summed E-state index contributed by atoms with van der Waals surface area (Å²) in [6.45, 7) is 8.33. The second kappa shape index (κ2) is 5.11. The van der Waals surface area contributed by atoms with Crippen LogP contribution in [0.25, 0.3) is 0 Å². The van der Waals surface area contributed by atoms with Crippen molar-refractivity contribution in [1.82, 2.24) is 10.4 Å². The molecule has 2 amide bonds. The molecule has 2 N–H and O–H groups in total. The maximum absolute atomic E-state index is 11.5. The van der Waals surface area contributed by atoms with Crippen LogP contribution in [0.2, 0.25) is 0 Å². The van der Waals surface area contributed by atoms with Gasteiger partial charge in [-0.2, -0.15) is 0 Å². The molecular weight excluding hydrogens is 196 g/mol. The molecule has 0 aliphatic heterocycles. The van der Waals surface area contributed by atoms with Crippen molar-refractivity contribution >= 4 is 11.8 Å². The first-order valence-electron chi connectivity index (χ1n) is 4.95. The van der Waals surface area contributed by atoms with E-state index < -0.39 is 11.3 Å². The van der Waals surface area contributed by atoms with Crippen LogP contribution < -0.4 is 5.32 Å². The summed E-state index contributed by atoms with van der Waals surface area (Å²) < 4.78 is 0. The Kier molecular flexibility index (Phi) is 4.74. The lowest BCUT2D eigenvalue weighted by Gasteiger charge is -2.23. The number of carbonyl (C=O) groups excluding carboxylic acids is 2. The van der Waals surface area contributed by atoms with Crippen molar-refractivity contribution in [3.05, 3.63) is 0 Å². The van der Waals surface area contributed by atoms with Gasteiger partial charge in [0.25, 0.3) is 5.91 Å². The van der Waals surface area contributed by atoms with Crippen LogP contribution in [0.4, 0.5) is 0 Å². The summed E-state index contributed by atoms with van der Waals surface area (Å²) in [5, 5.41) is 12.4. The Morgan fingerprint density at radius 2 is 1.80 bits per heavy atom. The Labute approximate surface area is 90.4 Å². The third-order valence-corrected chi connectivity index (χ3v) is 1.62. The van der Waals surface area contributed by atoms with E-state index in [1.165, 1.54) is 0 Å². The molecule has 15 heavy (non-hydrogen) atoms. The average molecular weight is 216 g/mol. The van der Waals surface area contributed by atoms with Crippen LogP contribution in [0.3, 0.4) is 0 Å². The third kappa shape index (κ3) is 5.37. The summed E-state index contributed by atoms with van der Waals surface area (Å²) in [6, 6.07) is -0.00404. The molecular formula is C10H20N2O3. The molecule has 0 aliphatic rings. The standard InChI is InChI=1S/C10H20N2O3/c1-7(2)11-8(13)6-12(15)9(14)10(3,4)5/h7,15H,6H2,1-5H3,(H,11,13). The van der Waals surface area contributed by atoms with E-state index in [-0.39, 0.29) is 18.5 Å². The number of nitrogens with zero attached hydrogens (tertiary/aromatic N) is 1. The Morgan fingerprint density at radius 1 is 1.33 bits per heavy atom. The fourth-order valence-electron chi connectivity index (χ4n) is 0.963. The minimum Gasteiger partial charge on any atom is -0.352 e. The van der Waals surface area contributed by atoms with Crippen LogP contribution >= 0.6 is 0 Å². The molecule has 0 unspecified atom stereocenters. The van der Waals surface area contributed by atoms with Crippen LogP contribution in [0, 0.1) is 5.41 Å². The molecule has 0 fully saturated rings. The Bertz CT molecular complexity index is 244. The predicted molar refractivity (Wildman–Crippen MR) is 56.2 cm³/mol. The SMILES string of the molecule is CC(C)NC(=O)CN(O)C(=O)C(C)(C)C. The normalized spacial score (nSPS) is 11.4. The average Bonchev–Trinajstić information content (AvgIpc) is 1.99. The molecule has 5 heteroatoms. The van der Waals surface area contributed by atoms with Crippen LogP contribution in [-0.2, 0) is 9.59 Å². The van der Waals surface area contributed by atoms with Crippen LogP contribution in [0.15, 0.2) is 0 Å². The van der Waals surface area contributed by atoms with Crippen molar-refractivity contribution in [2.75, 3.05) is 6.54 Å². The second-order valence-electron chi connectivity index (χ2n) is 4.84. The van der Waals surface area contributed by atoms with Gasteiger partial charge in [0.05, 0.1) is 0 Å². The highest BCUT2D eigenvalue weighted by Crippen LogP contribution is 2.15. The summed E-state index contributed by atoms with van der Waals surface area (Å²) in [7, 11) is 0. The monoisotopic (exact) mass is 216 g/mol. The predicted octanol–water partition coefficient (Wildman–Crippen LogP) is 0.775. The van der Waals surface area contributed by atoms with E-state index in [4.69, 9.17) is 0 Å². The molecule has 0 radical (unpaired) electrons. The first-order valence-corrected chi connectivity index (χ1v) is 4.95. The Hall–Kier alpha value is -1.10. The lowest BCUT2D eigenvalue weighted by Crippen LogP contribution is -2.44. The molecule has 0 spiro atoms. The Morgan fingerprint density at radius 3 is 2.13 bits per heavy atom. The molecule has 0 bridgehead atoms. The summed E-state index contributed by atoms with van der Waals surface area (Å²) in [5.41, 5.74) is -0.688. The van der Waals surface area contributed by atoms with Gasteiger partial charge < -0.3 is 5.32 Å². The first-order chi connectivity index (χ1) is 6.64. The van der Waals surface area contributed by atoms with E-state index >= 15 is 0 Å². The van der Waals surface area contributed by atoms with E-state index in [0.717, 1.165) is 0 Å². The van der Waals surface area contributed by atoms with Gasteiger partial charge in [-0.3, -0.25) is 14.8 Å². The number of carbonyl (C=O) groups is 2. The van der Waals surface area contributed by atoms with Crippen molar-refractivity contribution in [3.63, 3.8) is 0 Å². The van der Waals surface area contributed by atoms with Crippen molar-refractivity contribution in [1.29, 1.82) is 0 Å². The van der Waals surface area contributed by atoms with Gasteiger partial charge in [-0.1, -0.05) is 20.8 Å². The van der Waals surface area contributed by atoms with Crippen LogP contribution in [-0.4, -0.2) is 34.7 Å². The molecule has 0 rings (SSSR count). The number of hydrogen-bond donors (Lipinski definition) is 2. The van der Waals surface area contributed by atoms with Gasteiger partial charge in [0.15, 0.2) is 0 Å². The van der Waals surface area contributed by atoms with Gasteiger partial charge in [-0.25, -0.2) is 5.06 Å². The summed E-state index contributed by atoms with van der Waals surface area (Å²) in [5.74, 6) is -0.841. The topological polar surface area (TPSA) is 69.6 Å². The van der Waals surface area contributed by atoms with Crippen LogP contribution in [0.5, 0.6) is 0 Å². The van der Waals surface area contributed by atoms with Gasteiger partial charge in [-0.05, 0) is 13.8 Å². The van der Waals surface area contributed by atoms with E-state index in [2.05, 4.69) is 5.32 Å². The van der Waals surface area contributed by atoms with Crippen LogP contribution in [0.1, 0.15) is 34.6 Å². The minimum absolute atomic E-state index is 0.00404. The highest BCUT2D eigenvalue weighted by molar-refractivity contribution is 5.86. The fourth-order valence-corrected chi connectivity index (χ4v) is 0.963. The van der Waals surface area contributed by atoms with E-state index in [1.54, 1.807) is 20.8 Å². The third-order valence-electron chi connectivity index (χ3n) is 1.62. The van der Waals surface area contributed by atoms with Crippen molar-refractivity contribution in [2.24, 2.45) is 5.41 Å². The second-order valence-corrected chi connectivity index (χ2v) is 4.84. The maximum Gasteiger partial charge on any atom is 0.251 e. The zero-order chi connectivity index (χ0) is 12.2. The summed E-state index contributed by atoms with van der Waals surface area (Å²) in [4.78, 5) is 22.7. The highest BCUT2D eigenvalue weighted by Gasteiger charge is 2.27. The van der Waals surface area contributed by atoms with Gasteiger partial charge in [0, 0.05) is 11.5 Å². The number of hydrogen-bond acceptors (Lipinski definition) is 3. The first kappa shape index (κ1) is 13.9. The van der Waals surface area contributed by atoms with Crippen molar-refractivity contribution in [2.45, 2.75) is 40.7 Å². The molecule has 0 saturated heterocycles. The zero-order valence-electron chi connectivity index (χ0n) is 10.00. The lowest BCUT2D eigenvalue weighted by atomic mass is 9.95. The van der Waals surface area contributed by atoms with Gasteiger partial charge in [0.1, 0.15) is 6.54 Å². The largest absolute Gasteiger partial charge is 0.352 e. The highest BCUT2D eigenvalue weighted by atomic mass is 16.5.